The summed E-state index contributed by atoms with van der Waals surface area (Å²) in [4.78, 5) is 10.7. The van der Waals surface area contributed by atoms with Gasteiger partial charge in [0.1, 0.15) is 5.75 Å². The van der Waals surface area contributed by atoms with E-state index in [2.05, 4.69) is 21.0 Å². The second kappa shape index (κ2) is 7.48. The van der Waals surface area contributed by atoms with Gasteiger partial charge in [0.2, 0.25) is 0 Å². The molecule has 7 heteroatoms. The maximum Gasteiger partial charge on any atom is 0.270 e. The van der Waals surface area contributed by atoms with Crippen LogP contribution in [-0.2, 0) is 13.5 Å². The molecule has 0 fully saturated rings. The molecule has 2 aromatic carbocycles. The number of hydrogen-bond donors (Lipinski definition) is 0. The van der Waals surface area contributed by atoms with Crippen LogP contribution in [-0.4, -0.2) is 21.3 Å². The minimum atomic E-state index is -0.415. The van der Waals surface area contributed by atoms with Gasteiger partial charge in [-0.05, 0) is 27.6 Å². The summed E-state index contributed by atoms with van der Waals surface area (Å²) < 4.78 is 8.34. The van der Waals surface area contributed by atoms with E-state index in [1.54, 1.807) is 24.0 Å². The Morgan fingerprint density at radius 3 is 2.64 bits per heavy atom. The Kier molecular flexibility index (Phi) is 5.14. The van der Waals surface area contributed by atoms with Gasteiger partial charge in [-0.3, -0.25) is 14.8 Å². The van der Waals surface area contributed by atoms with Crippen LogP contribution in [0.5, 0.6) is 5.75 Å². The van der Waals surface area contributed by atoms with E-state index in [0.717, 1.165) is 16.6 Å². The van der Waals surface area contributed by atoms with Gasteiger partial charge in [0.05, 0.1) is 27.9 Å². The first kappa shape index (κ1) is 17.2. The van der Waals surface area contributed by atoms with Gasteiger partial charge in [-0.15, -0.1) is 0 Å². The molecular formula is C18H16BrN3O3. The zero-order valence-electron chi connectivity index (χ0n) is 13.6. The summed E-state index contributed by atoms with van der Waals surface area (Å²) in [5, 5.41) is 15.3. The lowest BCUT2D eigenvalue weighted by Gasteiger charge is -2.12. The van der Waals surface area contributed by atoms with Crippen molar-refractivity contribution in [2.45, 2.75) is 6.42 Å². The van der Waals surface area contributed by atoms with Crippen molar-refractivity contribution >= 4 is 21.6 Å². The number of rotatable bonds is 6. The van der Waals surface area contributed by atoms with Crippen LogP contribution in [0.25, 0.3) is 11.3 Å². The number of non-ortho nitro benzene ring substituents is 1. The van der Waals surface area contributed by atoms with Gasteiger partial charge in [-0.2, -0.15) is 5.10 Å². The van der Waals surface area contributed by atoms with Gasteiger partial charge < -0.3 is 4.74 Å². The highest BCUT2D eigenvalue weighted by Crippen LogP contribution is 2.37. The molecule has 0 radical (unpaired) electrons. The molecule has 0 aliphatic rings. The molecule has 0 amide bonds. The average molecular weight is 402 g/mol. The van der Waals surface area contributed by atoms with Crippen molar-refractivity contribution in [1.82, 2.24) is 9.78 Å². The fourth-order valence-corrected chi connectivity index (χ4v) is 3.14. The van der Waals surface area contributed by atoms with Crippen LogP contribution in [0.1, 0.15) is 5.56 Å². The quantitative estimate of drug-likeness (QED) is 0.453. The molecule has 0 bridgehead atoms. The Hall–Kier alpha value is -2.67. The number of hydrogen-bond acceptors (Lipinski definition) is 4. The van der Waals surface area contributed by atoms with E-state index >= 15 is 0 Å². The van der Waals surface area contributed by atoms with Gasteiger partial charge >= 0.3 is 0 Å². The molecule has 3 aromatic rings. The molecule has 0 aliphatic heterocycles. The average Bonchev–Trinajstić information content (AvgIpc) is 2.94. The van der Waals surface area contributed by atoms with Crippen LogP contribution in [0.3, 0.4) is 0 Å². The maximum absolute atomic E-state index is 11.1. The minimum Gasteiger partial charge on any atom is -0.493 e. The highest BCUT2D eigenvalue weighted by molar-refractivity contribution is 9.10. The number of halogens is 1. The largest absolute Gasteiger partial charge is 0.493 e. The number of aryl methyl sites for hydroxylation is 1. The Bertz CT molecular complexity index is 874. The van der Waals surface area contributed by atoms with Gasteiger partial charge in [-0.1, -0.05) is 30.3 Å². The summed E-state index contributed by atoms with van der Waals surface area (Å²) in [5.41, 5.74) is 2.55. The van der Waals surface area contributed by atoms with E-state index in [-0.39, 0.29) is 5.69 Å². The molecule has 0 unspecified atom stereocenters. The van der Waals surface area contributed by atoms with E-state index < -0.39 is 4.92 Å². The second-order valence-corrected chi connectivity index (χ2v) is 6.34. The number of benzene rings is 2. The lowest BCUT2D eigenvalue weighted by Crippen LogP contribution is -2.04. The van der Waals surface area contributed by atoms with Crippen LogP contribution in [0.4, 0.5) is 5.69 Å². The molecule has 1 aromatic heterocycles. The smallest absolute Gasteiger partial charge is 0.270 e. The van der Waals surface area contributed by atoms with Crippen molar-refractivity contribution in [1.29, 1.82) is 0 Å². The lowest BCUT2D eigenvalue weighted by molar-refractivity contribution is -0.384. The Labute approximate surface area is 153 Å². The molecule has 0 aliphatic carbocycles. The SMILES string of the molecule is Cn1ncc(Br)c1-c1cc([N+](=O)[O-])ccc1OCCc1ccccc1. The molecule has 0 saturated heterocycles. The molecule has 128 valence electrons. The first-order valence-corrected chi connectivity index (χ1v) is 8.48. The molecule has 25 heavy (non-hydrogen) atoms. The molecule has 6 nitrogen and oxygen atoms in total. The van der Waals surface area contributed by atoms with E-state index in [9.17, 15) is 10.1 Å². The number of aromatic nitrogens is 2. The van der Waals surface area contributed by atoms with Crippen LogP contribution in [0, 0.1) is 10.1 Å². The standard InChI is InChI=1S/C18H16BrN3O3/c1-21-18(16(19)12-20-21)15-11-14(22(23)24)7-8-17(15)25-10-9-13-5-3-2-4-6-13/h2-8,11-12H,9-10H2,1H3. The number of ether oxygens (including phenoxy) is 1. The second-order valence-electron chi connectivity index (χ2n) is 5.49. The molecule has 0 N–H and O–H groups in total. The molecule has 0 saturated carbocycles. The third kappa shape index (κ3) is 3.88. The Morgan fingerprint density at radius 2 is 2.00 bits per heavy atom. The first-order valence-electron chi connectivity index (χ1n) is 7.69. The summed E-state index contributed by atoms with van der Waals surface area (Å²) in [6.07, 6.45) is 2.41. The fourth-order valence-electron chi connectivity index (χ4n) is 2.58. The highest BCUT2D eigenvalue weighted by Gasteiger charge is 2.18. The zero-order valence-corrected chi connectivity index (χ0v) is 15.1. The zero-order chi connectivity index (χ0) is 17.8. The van der Waals surface area contributed by atoms with Crippen LogP contribution in [0.15, 0.2) is 59.2 Å². The Morgan fingerprint density at radius 1 is 1.24 bits per heavy atom. The minimum absolute atomic E-state index is 0.0125. The first-order chi connectivity index (χ1) is 12.1. The predicted molar refractivity (Wildman–Crippen MR) is 98.6 cm³/mol. The topological polar surface area (TPSA) is 70.2 Å². The normalized spacial score (nSPS) is 10.6. The van der Waals surface area contributed by atoms with Crippen molar-refractivity contribution in [3.05, 3.63) is 74.9 Å². The van der Waals surface area contributed by atoms with Gasteiger partial charge in [0, 0.05) is 31.2 Å². The number of nitrogens with zero attached hydrogens (tertiary/aromatic N) is 3. The van der Waals surface area contributed by atoms with E-state index in [1.807, 2.05) is 30.3 Å². The maximum atomic E-state index is 11.1. The van der Waals surface area contributed by atoms with Gasteiger partial charge in [0.25, 0.3) is 5.69 Å². The van der Waals surface area contributed by atoms with E-state index in [0.29, 0.717) is 17.9 Å². The monoisotopic (exact) mass is 401 g/mol. The molecular weight excluding hydrogens is 386 g/mol. The summed E-state index contributed by atoms with van der Waals surface area (Å²) in [5.74, 6) is 0.589. The van der Waals surface area contributed by atoms with E-state index in [4.69, 9.17) is 4.74 Å². The summed E-state index contributed by atoms with van der Waals surface area (Å²) >= 11 is 3.45. The van der Waals surface area contributed by atoms with Crippen molar-refractivity contribution in [2.75, 3.05) is 6.61 Å². The third-order valence-corrected chi connectivity index (χ3v) is 4.39. The molecule has 0 spiro atoms. The van der Waals surface area contributed by atoms with Crippen LogP contribution in [0.2, 0.25) is 0 Å². The number of nitro groups is 1. The van der Waals surface area contributed by atoms with Gasteiger partial charge in [0.15, 0.2) is 0 Å². The Balaban J connectivity index is 1.89. The van der Waals surface area contributed by atoms with Crippen molar-refractivity contribution < 1.29 is 9.66 Å². The molecule has 0 atom stereocenters. The fraction of sp³-hybridized carbons (Fsp3) is 0.167. The summed E-state index contributed by atoms with van der Waals surface area (Å²) in [7, 11) is 1.78. The van der Waals surface area contributed by atoms with Crippen molar-refractivity contribution in [2.24, 2.45) is 7.05 Å². The van der Waals surface area contributed by atoms with Crippen LogP contribution < -0.4 is 4.74 Å². The third-order valence-electron chi connectivity index (χ3n) is 3.81. The lowest BCUT2D eigenvalue weighted by atomic mass is 10.1. The van der Waals surface area contributed by atoms with Gasteiger partial charge in [-0.25, -0.2) is 0 Å². The molecule has 3 rings (SSSR count). The van der Waals surface area contributed by atoms with Crippen LogP contribution >= 0.6 is 15.9 Å². The number of nitro benzene ring substituents is 1. The van der Waals surface area contributed by atoms with Crippen molar-refractivity contribution in [3.8, 4) is 17.0 Å². The van der Waals surface area contributed by atoms with E-state index in [1.165, 1.54) is 17.7 Å². The van der Waals surface area contributed by atoms with Crippen molar-refractivity contribution in [3.63, 3.8) is 0 Å². The predicted octanol–water partition coefficient (Wildman–Crippen LogP) is 4.38. The summed E-state index contributed by atoms with van der Waals surface area (Å²) in [6, 6.07) is 14.6. The highest BCUT2D eigenvalue weighted by atomic mass is 79.9. The summed E-state index contributed by atoms with van der Waals surface area (Å²) in [6.45, 7) is 0.476. The molecule has 1 heterocycles.